The van der Waals surface area contributed by atoms with Crippen LogP contribution in [0.5, 0.6) is 0 Å². The van der Waals surface area contributed by atoms with Gasteiger partial charge in [-0.25, -0.2) is 13.4 Å². The van der Waals surface area contributed by atoms with Gasteiger partial charge in [0.05, 0.1) is 16.8 Å². The van der Waals surface area contributed by atoms with E-state index in [0.717, 1.165) is 11.9 Å². The van der Waals surface area contributed by atoms with Gasteiger partial charge in [-0.2, -0.15) is 0 Å². The van der Waals surface area contributed by atoms with Crippen molar-refractivity contribution in [3.8, 4) is 0 Å². The summed E-state index contributed by atoms with van der Waals surface area (Å²) in [6.45, 7) is 1.97. The fourth-order valence-electron chi connectivity index (χ4n) is 1.51. The lowest BCUT2D eigenvalue weighted by Crippen LogP contribution is -2.08. The van der Waals surface area contributed by atoms with Gasteiger partial charge in [-0.05, 0) is 18.6 Å². The van der Waals surface area contributed by atoms with Gasteiger partial charge in [0.25, 0.3) is 0 Å². The number of hydrogen-bond donors (Lipinski definition) is 1. The molecule has 4 nitrogen and oxygen atoms in total. The minimum atomic E-state index is -3.25. The van der Waals surface area contributed by atoms with Gasteiger partial charge in [0, 0.05) is 0 Å². The molecule has 1 heterocycles. The van der Waals surface area contributed by atoms with E-state index in [1.807, 2.05) is 25.1 Å². The number of para-hydroxylation sites is 2. The third-order valence-corrected chi connectivity index (χ3v) is 4.04. The van der Waals surface area contributed by atoms with Crippen LogP contribution in [0.1, 0.15) is 19.8 Å². The lowest BCUT2D eigenvalue weighted by Gasteiger charge is -1.97. The first-order valence-corrected chi connectivity index (χ1v) is 6.96. The maximum Gasteiger partial charge on any atom is 0.226 e. The zero-order chi connectivity index (χ0) is 11.6. The van der Waals surface area contributed by atoms with Gasteiger partial charge >= 0.3 is 0 Å². The van der Waals surface area contributed by atoms with Crippen LogP contribution in [0.15, 0.2) is 29.4 Å². The molecule has 0 fully saturated rings. The van der Waals surface area contributed by atoms with Gasteiger partial charge in [-0.1, -0.05) is 25.5 Å². The maximum absolute atomic E-state index is 11.9. The second kappa shape index (κ2) is 4.25. The highest BCUT2D eigenvalue weighted by atomic mass is 32.2. The number of aromatic amines is 1. The molecule has 0 saturated heterocycles. The van der Waals surface area contributed by atoms with E-state index in [2.05, 4.69) is 9.97 Å². The molecule has 0 atom stereocenters. The summed E-state index contributed by atoms with van der Waals surface area (Å²) in [5.41, 5.74) is 1.45. The molecule has 1 aromatic carbocycles. The van der Waals surface area contributed by atoms with Crippen molar-refractivity contribution in [3.05, 3.63) is 24.3 Å². The summed E-state index contributed by atoms with van der Waals surface area (Å²) < 4.78 is 23.7. The van der Waals surface area contributed by atoms with Gasteiger partial charge in [0.2, 0.25) is 15.0 Å². The molecule has 0 aliphatic heterocycles. The fraction of sp³-hybridized carbons (Fsp3) is 0.364. The number of sulfone groups is 1. The van der Waals surface area contributed by atoms with E-state index < -0.39 is 9.84 Å². The average molecular weight is 238 g/mol. The van der Waals surface area contributed by atoms with Crippen molar-refractivity contribution in [2.75, 3.05) is 5.75 Å². The van der Waals surface area contributed by atoms with E-state index in [-0.39, 0.29) is 10.9 Å². The van der Waals surface area contributed by atoms with Crippen LogP contribution in [0, 0.1) is 0 Å². The Kier molecular flexibility index (Phi) is 2.96. The second-order valence-corrected chi connectivity index (χ2v) is 5.76. The van der Waals surface area contributed by atoms with Gasteiger partial charge in [0.1, 0.15) is 0 Å². The monoisotopic (exact) mass is 238 g/mol. The highest BCUT2D eigenvalue weighted by molar-refractivity contribution is 7.91. The van der Waals surface area contributed by atoms with E-state index in [4.69, 9.17) is 0 Å². The van der Waals surface area contributed by atoms with Crippen molar-refractivity contribution < 1.29 is 8.42 Å². The molecule has 0 aliphatic carbocycles. The van der Waals surface area contributed by atoms with E-state index >= 15 is 0 Å². The van der Waals surface area contributed by atoms with Crippen molar-refractivity contribution in [2.45, 2.75) is 24.9 Å². The van der Waals surface area contributed by atoms with Crippen LogP contribution in [0.2, 0.25) is 0 Å². The van der Waals surface area contributed by atoms with Crippen molar-refractivity contribution in [3.63, 3.8) is 0 Å². The summed E-state index contributed by atoms with van der Waals surface area (Å²) in [5.74, 6) is 0.156. The van der Waals surface area contributed by atoms with E-state index in [0.29, 0.717) is 11.9 Å². The third kappa shape index (κ3) is 2.09. The smallest absolute Gasteiger partial charge is 0.226 e. The van der Waals surface area contributed by atoms with Crippen molar-refractivity contribution in [1.82, 2.24) is 9.97 Å². The van der Waals surface area contributed by atoms with Gasteiger partial charge < -0.3 is 4.98 Å². The zero-order valence-electron chi connectivity index (χ0n) is 9.10. The number of nitrogens with zero attached hydrogens (tertiary/aromatic N) is 1. The minimum Gasteiger partial charge on any atom is -0.329 e. The second-order valence-electron chi connectivity index (χ2n) is 3.73. The van der Waals surface area contributed by atoms with Crippen molar-refractivity contribution >= 4 is 20.9 Å². The Morgan fingerprint density at radius 3 is 2.75 bits per heavy atom. The molecule has 86 valence electrons. The molecule has 1 aromatic heterocycles. The predicted octanol–water partition coefficient (Wildman–Crippen LogP) is 2.14. The summed E-state index contributed by atoms with van der Waals surface area (Å²) in [5, 5.41) is 0.0853. The highest BCUT2D eigenvalue weighted by Crippen LogP contribution is 2.15. The lowest BCUT2D eigenvalue weighted by molar-refractivity contribution is 0.586. The molecular weight excluding hydrogens is 224 g/mol. The minimum absolute atomic E-state index is 0.0853. The Labute approximate surface area is 94.6 Å². The molecule has 0 unspecified atom stereocenters. The number of aromatic nitrogens is 2. The number of nitrogens with one attached hydrogen (secondary N) is 1. The molecule has 2 rings (SSSR count). The molecule has 0 radical (unpaired) electrons. The van der Waals surface area contributed by atoms with Gasteiger partial charge in [-0.15, -0.1) is 0 Å². The van der Waals surface area contributed by atoms with Crippen molar-refractivity contribution in [1.29, 1.82) is 0 Å². The van der Waals surface area contributed by atoms with E-state index in [1.54, 1.807) is 6.07 Å². The molecule has 0 bridgehead atoms. The Balaban J connectivity index is 2.40. The summed E-state index contributed by atoms with van der Waals surface area (Å²) in [7, 11) is -3.25. The summed E-state index contributed by atoms with van der Waals surface area (Å²) in [4.78, 5) is 6.94. The van der Waals surface area contributed by atoms with E-state index in [9.17, 15) is 8.42 Å². The molecule has 0 amide bonds. The van der Waals surface area contributed by atoms with Crippen molar-refractivity contribution in [2.24, 2.45) is 0 Å². The number of unbranched alkanes of at least 4 members (excludes halogenated alkanes) is 1. The van der Waals surface area contributed by atoms with Gasteiger partial charge in [0.15, 0.2) is 0 Å². The van der Waals surface area contributed by atoms with Crippen LogP contribution in [0.4, 0.5) is 0 Å². The Hall–Kier alpha value is -1.36. The standard InChI is InChI=1S/C11H14N2O2S/c1-2-3-8-16(14,15)11-12-9-6-4-5-7-10(9)13-11/h4-7H,2-3,8H2,1H3,(H,12,13). The number of fused-ring (bicyclic) bond motifs is 1. The van der Waals surface area contributed by atoms with Crippen LogP contribution in [-0.2, 0) is 9.84 Å². The van der Waals surface area contributed by atoms with Gasteiger partial charge in [-0.3, -0.25) is 0 Å². The summed E-state index contributed by atoms with van der Waals surface area (Å²) >= 11 is 0. The fourth-order valence-corrected chi connectivity index (χ4v) is 2.87. The normalized spacial score (nSPS) is 12.1. The Bertz CT molecular complexity index is 554. The van der Waals surface area contributed by atoms with Crippen LogP contribution >= 0.6 is 0 Å². The highest BCUT2D eigenvalue weighted by Gasteiger charge is 2.17. The zero-order valence-corrected chi connectivity index (χ0v) is 9.92. The molecule has 1 N–H and O–H groups in total. The third-order valence-electron chi connectivity index (χ3n) is 2.43. The predicted molar refractivity (Wildman–Crippen MR) is 63.1 cm³/mol. The number of rotatable bonds is 4. The lowest BCUT2D eigenvalue weighted by atomic mass is 10.3. The van der Waals surface area contributed by atoms with Crippen LogP contribution in [-0.4, -0.2) is 24.1 Å². The summed E-state index contributed by atoms with van der Waals surface area (Å²) in [6.07, 6.45) is 1.53. The summed E-state index contributed by atoms with van der Waals surface area (Å²) in [6, 6.07) is 7.31. The largest absolute Gasteiger partial charge is 0.329 e. The van der Waals surface area contributed by atoms with E-state index in [1.165, 1.54) is 0 Å². The first kappa shape index (κ1) is 11.1. The number of benzene rings is 1. The SMILES string of the molecule is CCCCS(=O)(=O)c1nc2ccccc2[nH]1. The maximum atomic E-state index is 11.9. The topological polar surface area (TPSA) is 62.8 Å². The molecule has 0 saturated carbocycles. The number of hydrogen-bond acceptors (Lipinski definition) is 3. The Morgan fingerprint density at radius 1 is 1.31 bits per heavy atom. The first-order chi connectivity index (χ1) is 7.63. The van der Waals surface area contributed by atoms with Crippen LogP contribution < -0.4 is 0 Å². The molecule has 16 heavy (non-hydrogen) atoms. The molecular formula is C11H14N2O2S. The molecule has 5 heteroatoms. The van der Waals surface area contributed by atoms with Crippen LogP contribution in [0.3, 0.4) is 0 Å². The van der Waals surface area contributed by atoms with Crippen LogP contribution in [0.25, 0.3) is 11.0 Å². The quantitative estimate of drug-likeness (QED) is 0.887. The number of imidazole rings is 1. The average Bonchev–Trinajstić information content (AvgIpc) is 2.71. The Morgan fingerprint density at radius 2 is 2.06 bits per heavy atom. The number of H-pyrrole nitrogens is 1. The molecule has 0 spiro atoms. The molecule has 2 aromatic rings. The first-order valence-electron chi connectivity index (χ1n) is 5.31. The molecule has 0 aliphatic rings.